The number of aromatic nitrogens is 4. The number of halogens is 2. The van der Waals surface area contributed by atoms with Gasteiger partial charge in [-0.15, -0.1) is 0 Å². The number of rotatable bonds is 4. The van der Waals surface area contributed by atoms with Crippen molar-refractivity contribution in [2.75, 3.05) is 7.11 Å². The van der Waals surface area contributed by atoms with Gasteiger partial charge in [-0.1, -0.05) is 23.7 Å². The van der Waals surface area contributed by atoms with Gasteiger partial charge in [0.2, 0.25) is 0 Å². The second-order valence-electron chi connectivity index (χ2n) is 8.56. The molecule has 0 spiro atoms. The predicted molar refractivity (Wildman–Crippen MR) is 139 cm³/mol. The first-order valence-electron chi connectivity index (χ1n) is 11.4. The number of methoxy groups -OCH3 is 1. The number of hydrogen-bond donors (Lipinski definition) is 0. The fraction of sp³-hybridized carbons (Fsp3) is 0.107. The van der Waals surface area contributed by atoms with Gasteiger partial charge in [0.1, 0.15) is 23.1 Å². The van der Waals surface area contributed by atoms with Crippen LogP contribution in [0.1, 0.15) is 17.8 Å². The van der Waals surface area contributed by atoms with E-state index in [2.05, 4.69) is 0 Å². The fourth-order valence-corrected chi connectivity index (χ4v) is 4.70. The van der Waals surface area contributed by atoms with E-state index in [0.29, 0.717) is 40.5 Å². The summed E-state index contributed by atoms with van der Waals surface area (Å²) in [5.41, 5.74) is 4.63. The van der Waals surface area contributed by atoms with Gasteiger partial charge in [0.15, 0.2) is 0 Å². The molecule has 0 saturated carbocycles. The molecule has 1 aliphatic heterocycles. The Labute approximate surface area is 210 Å². The Morgan fingerprint density at radius 2 is 1.92 bits per heavy atom. The Morgan fingerprint density at radius 3 is 2.72 bits per heavy atom. The Hall–Kier alpha value is -4.23. The highest BCUT2D eigenvalue weighted by atomic mass is 35.5. The van der Waals surface area contributed by atoms with Crippen LogP contribution in [0.2, 0.25) is 5.02 Å². The Kier molecular flexibility index (Phi) is 5.42. The van der Waals surface area contributed by atoms with Gasteiger partial charge in [0, 0.05) is 28.9 Å². The van der Waals surface area contributed by atoms with Crippen LogP contribution in [0.4, 0.5) is 4.39 Å². The molecule has 3 heterocycles. The van der Waals surface area contributed by atoms with Crippen LogP contribution in [0.25, 0.3) is 39.5 Å². The maximum atomic E-state index is 13.5. The van der Waals surface area contributed by atoms with Crippen LogP contribution in [0.5, 0.6) is 5.75 Å². The third-order valence-corrected chi connectivity index (χ3v) is 6.55. The van der Waals surface area contributed by atoms with E-state index >= 15 is 0 Å². The fourth-order valence-electron chi connectivity index (χ4n) is 4.53. The van der Waals surface area contributed by atoms with Gasteiger partial charge >= 0.3 is 0 Å². The molecule has 0 unspecified atom stereocenters. The van der Waals surface area contributed by atoms with Crippen LogP contribution >= 0.6 is 11.6 Å². The van der Waals surface area contributed by atoms with E-state index in [0.717, 1.165) is 28.1 Å². The molecule has 6 nitrogen and oxygen atoms in total. The van der Waals surface area contributed by atoms with Crippen LogP contribution in [-0.2, 0) is 6.54 Å². The number of fused-ring (bicyclic) bond motifs is 2. The molecule has 1 aliphatic rings. The first-order valence-corrected chi connectivity index (χ1v) is 11.8. The summed E-state index contributed by atoms with van der Waals surface area (Å²) in [5, 5.41) is 5.84. The second kappa shape index (κ2) is 8.77. The maximum Gasteiger partial charge on any atom is 0.261 e. The molecule has 5 aromatic rings. The highest BCUT2D eigenvalue weighted by molar-refractivity contribution is 6.31. The number of benzene rings is 3. The lowest BCUT2D eigenvalue weighted by atomic mass is 10.0. The van der Waals surface area contributed by atoms with Gasteiger partial charge in [0.25, 0.3) is 5.56 Å². The molecule has 0 bridgehead atoms. The molecule has 6 rings (SSSR count). The van der Waals surface area contributed by atoms with Crippen LogP contribution in [-0.4, -0.2) is 26.4 Å². The van der Waals surface area contributed by atoms with Gasteiger partial charge < -0.3 is 4.74 Å². The molecule has 0 atom stereocenters. The van der Waals surface area contributed by atoms with Crippen molar-refractivity contribution in [2.45, 2.75) is 13.0 Å². The predicted octanol–water partition coefficient (Wildman–Crippen LogP) is 5.99. The van der Waals surface area contributed by atoms with E-state index in [9.17, 15) is 9.18 Å². The van der Waals surface area contributed by atoms with Crippen molar-refractivity contribution in [2.24, 2.45) is 0 Å². The van der Waals surface area contributed by atoms with Crippen LogP contribution in [0.15, 0.2) is 77.7 Å². The summed E-state index contributed by atoms with van der Waals surface area (Å²) < 4.78 is 22.3. The molecule has 0 aliphatic carbocycles. The van der Waals surface area contributed by atoms with Gasteiger partial charge in [-0.05, 0) is 72.7 Å². The lowest BCUT2D eigenvalue weighted by molar-refractivity contribution is 0.415. The monoisotopic (exact) mass is 498 g/mol. The van der Waals surface area contributed by atoms with E-state index in [1.165, 1.54) is 12.1 Å². The van der Waals surface area contributed by atoms with E-state index in [1.54, 1.807) is 46.7 Å². The van der Waals surface area contributed by atoms with E-state index in [1.807, 2.05) is 36.5 Å². The summed E-state index contributed by atoms with van der Waals surface area (Å²) in [5.74, 6) is 1.04. The highest BCUT2D eigenvalue weighted by Gasteiger charge is 2.22. The smallest absolute Gasteiger partial charge is 0.261 e. The van der Waals surface area contributed by atoms with Crippen molar-refractivity contribution in [1.82, 2.24) is 19.3 Å². The topological polar surface area (TPSA) is 61.9 Å². The molecule has 0 N–H and O–H groups in total. The standard InChI is InChI=1S/C28H20ClFN4O2/c1-36-23-4-2-3-17(14-23)26-19(16-34(32-26)22-8-6-21(30)7-9-22)13-18-11-12-33-27(18)31-25-10-5-20(29)15-24(25)28(33)35/h2-10,13-16H,11-12H2,1H3/b18-13+. The van der Waals surface area contributed by atoms with Gasteiger partial charge in [0.05, 0.1) is 23.7 Å². The van der Waals surface area contributed by atoms with Crippen molar-refractivity contribution in [3.8, 4) is 22.7 Å². The summed E-state index contributed by atoms with van der Waals surface area (Å²) in [6, 6.07) is 19.0. The zero-order valence-corrected chi connectivity index (χ0v) is 20.0. The van der Waals surface area contributed by atoms with Crippen molar-refractivity contribution in [3.05, 3.63) is 106 Å². The minimum Gasteiger partial charge on any atom is -0.497 e. The SMILES string of the molecule is COc1cccc(-c2nn(-c3ccc(F)cc3)cc2/C=C2\CCn3c2nc2ccc(Cl)cc2c3=O)c1. The normalized spacial score (nSPS) is 13.9. The Bertz CT molecular complexity index is 1720. The van der Waals surface area contributed by atoms with E-state index < -0.39 is 0 Å². The molecule has 0 fully saturated rings. The van der Waals surface area contributed by atoms with Crippen molar-refractivity contribution in [1.29, 1.82) is 0 Å². The first-order chi connectivity index (χ1) is 17.5. The molecule has 8 heteroatoms. The zero-order valence-electron chi connectivity index (χ0n) is 19.3. The third kappa shape index (κ3) is 3.87. The van der Waals surface area contributed by atoms with Crippen LogP contribution in [0, 0.1) is 5.82 Å². The quantitative estimate of drug-likeness (QED) is 0.305. The lowest BCUT2D eigenvalue weighted by Crippen LogP contribution is -2.20. The molecule has 2 aromatic heterocycles. The largest absolute Gasteiger partial charge is 0.497 e. The molecule has 3 aromatic carbocycles. The number of allylic oxidation sites excluding steroid dienone is 1. The van der Waals surface area contributed by atoms with Crippen LogP contribution in [0.3, 0.4) is 0 Å². The Balaban J connectivity index is 1.52. The molecule has 178 valence electrons. The average molecular weight is 499 g/mol. The molecular weight excluding hydrogens is 479 g/mol. The molecule has 0 amide bonds. The highest BCUT2D eigenvalue weighted by Crippen LogP contribution is 2.33. The molecule has 0 saturated heterocycles. The summed E-state index contributed by atoms with van der Waals surface area (Å²) in [4.78, 5) is 17.9. The van der Waals surface area contributed by atoms with Crippen molar-refractivity contribution in [3.63, 3.8) is 0 Å². The average Bonchev–Trinajstić information content (AvgIpc) is 3.50. The molecule has 36 heavy (non-hydrogen) atoms. The van der Waals surface area contributed by atoms with E-state index in [4.69, 9.17) is 26.4 Å². The second-order valence-corrected chi connectivity index (χ2v) is 9.00. The molecular formula is C28H20ClFN4O2. The summed E-state index contributed by atoms with van der Waals surface area (Å²) >= 11 is 6.11. The number of ether oxygens (including phenoxy) is 1. The summed E-state index contributed by atoms with van der Waals surface area (Å²) in [7, 11) is 1.62. The van der Waals surface area contributed by atoms with E-state index in [-0.39, 0.29) is 11.4 Å². The van der Waals surface area contributed by atoms with Gasteiger partial charge in [-0.2, -0.15) is 5.10 Å². The lowest BCUT2D eigenvalue weighted by Gasteiger charge is -2.06. The summed E-state index contributed by atoms with van der Waals surface area (Å²) in [6.07, 6.45) is 4.58. The Morgan fingerprint density at radius 1 is 1.08 bits per heavy atom. The minimum atomic E-state index is -0.311. The zero-order chi connectivity index (χ0) is 24.8. The van der Waals surface area contributed by atoms with Crippen LogP contribution < -0.4 is 10.3 Å². The van der Waals surface area contributed by atoms with Crippen molar-refractivity contribution >= 4 is 34.2 Å². The van der Waals surface area contributed by atoms with Gasteiger partial charge in [-0.25, -0.2) is 14.1 Å². The number of hydrogen-bond acceptors (Lipinski definition) is 4. The molecule has 0 radical (unpaired) electrons. The first kappa shape index (κ1) is 22.2. The van der Waals surface area contributed by atoms with Gasteiger partial charge in [-0.3, -0.25) is 9.36 Å². The number of nitrogens with zero attached hydrogens (tertiary/aromatic N) is 4. The maximum absolute atomic E-state index is 13.5. The van der Waals surface area contributed by atoms with Crippen molar-refractivity contribution < 1.29 is 9.13 Å². The minimum absolute atomic E-state index is 0.101. The third-order valence-electron chi connectivity index (χ3n) is 6.31. The summed E-state index contributed by atoms with van der Waals surface area (Å²) in [6.45, 7) is 0.538.